The Morgan fingerprint density at radius 3 is 2.77 bits per heavy atom. The van der Waals surface area contributed by atoms with Crippen molar-refractivity contribution in [3.05, 3.63) is 40.2 Å². The van der Waals surface area contributed by atoms with E-state index in [1.54, 1.807) is 12.1 Å². The summed E-state index contributed by atoms with van der Waals surface area (Å²) in [6.45, 7) is 10.3. The molecule has 0 atom stereocenters. The van der Waals surface area contributed by atoms with Gasteiger partial charge in [0.05, 0.1) is 11.8 Å². The highest BCUT2D eigenvalue weighted by molar-refractivity contribution is 7.17. The largest absolute Gasteiger partial charge is 0.459 e. The van der Waals surface area contributed by atoms with E-state index >= 15 is 0 Å². The summed E-state index contributed by atoms with van der Waals surface area (Å²) in [5.74, 6) is -0.554. The smallest absolute Gasteiger partial charge is 0.341 e. The Morgan fingerprint density at radius 2 is 2.15 bits per heavy atom. The van der Waals surface area contributed by atoms with Gasteiger partial charge in [-0.1, -0.05) is 6.92 Å². The molecule has 0 fully saturated rings. The van der Waals surface area contributed by atoms with Gasteiger partial charge in [0.2, 0.25) is 0 Å². The lowest BCUT2D eigenvalue weighted by Crippen LogP contribution is -2.30. The zero-order chi connectivity index (χ0) is 18.9. The zero-order valence-electron chi connectivity index (χ0n) is 15.5. The van der Waals surface area contributed by atoms with Crippen LogP contribution in [0.3, 0.4) is 0 Å². The normalized spacial score (nSPS) is 14.8. The highest BCUT2D eigenvalue weighted by Gasteiger charge is 2.31. The first-order valence-electron chi connectivity index (χ1n) is 8.73. The molecule has 6 nitrogen and oxygen atoms in total. The maximum atomic E-state index is 12.8. The van der Waals surface area contributed by atoms with Crippen LogP contribution in [-0.2, 0) is 17.7 Å². The fourth-order valence-corrected chi connectivity index (χ4v) is 4.21. The molecule has 1 N–H and O–H groups in total. The van der Waals surface area contributed by atoms with Crippen molar-refractivity contribution in [2.45, 2.75) is 46.3 Å². The number of fused-ring (bicyclic) bond motifs is 1. The summed E-state index contributed by atoms with van der Waals surface area (Å²) in [4.78, 5) is 28.7. The van der Waals surface area contributed by atoms with Crippen LogP contribution in [-0.4, -0.2) is 35.5 Å². The van der Waals surface area contributed by atoms with E-state index in [0.29, 0.717) is 10.6 Å². The van der Waals surface area contributed by atoms with Gasteiger partial charge in [-0.25, -0.2) is 4.79 Å². The SMILES string of the molecule is CCN1CCc2c(sc(NC(=O)c3ccco3)c2C(=O)OC(C)(C)C)C1. The summed E-state index contributed by atoms with van der Waals surface area (Å²) >= 11 is 1.44. The molecule has 0 unspecified atom stereocenters. The molecule has 140 valence electrons. The molecule has 0 bridgehead atoms. The Morgan fingerprint density at radius 1 is 1.38 bits per heavy atom. The number of hydrogen-bond donors (Lipinski definition) is 1. The number of amides is 1. The van der Waals surface area contributed by atoms with Crippen LogP contribution in [0, 0.1) is 0 Å². The van der Waals surface area contributed by atoms with Crippen molar-refractivity contribution < 1.29 is 18.7 Å². The number of furan rings is 1. The minimum atomic E-state index is -0.599. The second kappa shape index (κ2) is 7.25. The molecule has 3 heterocycles. The number of hydrogen-bond acceptors (Lipinski definition) is 6. The van der Waals surface area contributed by atoms with E-state index in [-0.39, 0.29) is 11.7 Å². The van der Waals surface area contributed by atoms with Crippen LogP contribution in [0.2, 0.25) is 0 Å². The van der Waals surface area contributed by atoms with Gasteiger partial charge in [-0.2, -0.15) is 0 Å². The van der Waals surface area contributed by atoms with Crippen molar-refractivity contribution in [3.8, 4) is 0 Å². The highest BCUT2D eigenvalue weighted by Crippen LogP contribution is 2.38. The van der Waals surface area contributed by atoms with Gasteiger partial charge in [-0.15, -0.1) is 11.3 Å². The third kappa shape index (κ3) is 3.99. The van der Waals surface area contributed by atoms with Crippen molar-refractivity contribution in [1.29, 1.82) is 0 Å². The first kappa shape index (κ1) is 18.7. The number of carbonyl (C=O) groups excluding carboxylic acids is 2. The van der Waals surface area contributed by atoms with Crippen LogP contribution in [0.5, 0.6) is 0 Å². The molecule has 26 heavy (non-hydrogen) atoms. The number of thiophene rings is 1. The molecule has 0 radical (unpaired) electrons. The highest BCUT2D eigenvalue weighted by atomic mass is 32.1. The van der Waals surface area contributed by atoms with Crippen molar-refractivity contribution in [2.24, 2.45) is 0 Å². The lowest BCUT2D eigenvalue weighted by atomic mass is 10.0. The summed E-state index contributed by atoms with van der Waals surface area (Å²) in [6.07, 6.45) is 2.22. The van der Waals surface area contributed by atoms with Gasteiger partial charge < -0.3 is 14.5 Å². The Kier molecular flexibility index (Phi) is 5.20. The van der Waals surface area contributed by atoms with E-state index in [2.05, 4.69) is 17.1 Å². The van der Waals surface area contributed by atoms with Crippen molar-refractivity contribution in [3.63, 3.8) is 0 Å². The predicted octanol–water partition coefficient (Wildman–Crippen LogP) is 3.93. The topological polar surface area (TPSA) is 71.8 Å². The van der Waals surface area contributed by atoms with Gasteiger partial charge in [-0.3, -0.25) is 9.69 Å². The Labute approximate surface area is 157 Å². The summed E-state index contributed by atoms with van der Waals surface area (Å²) in [5, 5.41) is 3.37. The number of rotatable bonds is 4. The Balaban J connectivity index is 1.95. The van der Waals surface area contributed by atoms with Gasteiger partial charge in [0.1, 0.15) is 10.6 Å². The van der Waals surface area contributed by atoms with Gasteiger partial charge in [0.15, 0.2) is 5.76 Å². The average Bonchev–Trinajstić information content (AvgIpc) is 3.19. The summed E-state index contributed by atoms with van der Waals surface area (Å²) in [6, 6.07) is 3.25. The van der Waals surface area contributed by atoms with Crippen molar-refractivity contribution >= 4 is 28.2 Å². The number of nitrogens with one attached hydrogen (secondary N) is 1. The average molecular weight is 376 g/mol. The zero-order valence-corrected chi connectivity index (χ0v) is 16.4. The molecule has 7 heteroatoms. The second-order valence-electron chi connectivity index (χ2n) is 7.26. The molecule has 1 aliphatic rings. The van der Waals surface area contributed by atoms with E-state index < -0.39 is 11.6 Å². The Bertz CT molecular complexity index is 802. The molecule has 1 aliphatic heterocycles. The monoisotopic (exact) mass is 376 g/mol. The van der Waals surface area contributed by atoms with E-state index in [0.717, 1.165) is 36.5 Å². The molecule has 2 aromatic heterocycles. The van der Waals surface area contributed by atoms with Crippen LogP contribution >= 0.6 is 11.3 Å². The maximum Gasteiger partial charge on any atom is 0.341 e. The molecule has 0 saturated carbocycles. The van der Waals surface area contributed by atoms with Crippen LogP contribution in [0.15, 0.2) is 22.8 Å². The maximum absolute atomic E-state index is 12.8. The molecule has 0 aromatic carbocycles. The van der Waals surface area contributed by atoms with E-state index in [1.807, 2.05) is 20.8 Å². The van der Waals surface area contributed by atoms with Crippen LogP contribution in [0.4, 0.5) is 5.00 Å². The fourth-order valence-electron chi connectivity index (χ4n) is 2.93. The number of carbonyl (C=O) groups is 2. The molecule has 3 rings (SSSR count). The fraction of sp³-hybridized carbons (Fsp3) is 0.474. The lowest BCUT2D eigenvalue weighted by molar-refractivity contribution is 0.00695. The van der Waals surface area contributed by atoms with Gasteiger partial charge >= 0.3 is 5.97 Å². The molecule has 2 aromatic rings. The van der Waals surface area contributed by atoms with Crippen molar-refractivity contribution in [1.82, 2.24) is 4.90 Å². The van der Waals surface area contributed by atoms with Crippen LogP contribution in [0.1, 0.15) is 59.0 Å². The van der Waals surface area contributed by atoms with Crippen LogP contribution in [0.25, 0.3) is 0 Å². The molecular formula is C19H24N2O4S. The standard InChI is InChI=1S/C19H24N2O4S/c1-5-21-9-8-12-14(11-21)26-17(15(12)18(23)25-19(2,3)4)20-16(22)13-7-6-10-24-13/h6-7,10H,5,8-9,11H2,1-4H3,(H,20,22). The van der Waals surface area contributed by atoms with Gasteiger partial charge in [-0.05, 0) is 51.4 Å². The number of anilines is 1. The van der Waals surface area contributed by atoms with Crippen molar-refractivity contribution in [2.75, 3.05) is 18.4 Å². The van der Waals surface area contributed by atoms with Gasteiger partial charge in [0, 0.05) is 18.0 Å². The van der Waals surface area contributed by atoms with E-state index in [9.17, 15) is 9.59 Å². The summed E-state index contributed by atoms with van der Waals surface area (Å²) in [7, 11) is 0. The quantitative estimate of drug-likeness (QED) is 0.819. The summed E-state index contributed by atoms with van der Waals surface area (Å²) < 4.78 is 10.7. The first-order valence-corrected chi connectivity index (χ1v) is 9.55. The first-order chi connectivity index (χ1) is 12.3. The summed E-state index contributed by atoms with van der Waals surface area (Å²) in [5.41, 5.74) is 0.873. The third-order valence-electron chi connectivity index (χ3n) is 4.16. The molecule has 0 spiro atoms. The second-order valence-corrected chi connectivity index (χ2v) is 8.37. The molecule has 1 amide bonds. The van der Waals surface area contributed by atoms with Crippen LogP contribution < -0.4 is 5.32 Å². The minimum Gasteiger partial charge on any atom is -0.459 e. The number of esters is 1. The minimum absolute atomic E-state index is 0.210. The lowest BCUT2D eigenvalue weighted by Gasteiger charge is -2.26. The molecule has 0 aliphatic carbocycles. The Hall–Kier alpha value is -2.12. The number of nitrogens with zero attached hydrogens (tertiary/aromatic N) is 1. The predicted molar refractivity (Wildman–Crippen MR) is 101 cm³/mol. The van der Waals surface area contributed by atoms with E-state index in [1.165, 1.54) is 17.6 Å². The van der Waals surface area contributed by atoms with E-state index in [4.69, 9.17) is 9.15 Å². The third-order valence-corrected chi connectivity index (χ3v) is 5.29. The molecular weight excluding hydrogens is 352 g/mol. The van der Waals surface area contributed by atoms with Gasteiger partial charge in [0.25, 0.3) is 5.91 Å². The number of ether oxygens (including phenoxy) is 1. The molecule has 0 saturated heterocycles. The number of likely N-dealkylation sites (N-methyl/N-ethyl adjacent to an activating group) is 1.